The Hall–Kier alpha value is -0.723. The van der Waals surface area contributed by atoms with Crippen LogP contribution < -0.4 is 5.32 Å². The van der Waals surface area contributed by atoms with Crippen molar-refractivity contribution in [2.45, 2.75) is 77.3 Å². The van der Waals surface area contributed by atoms with Gasteiger partial charge in [-0.15, -0.1) is 0 Å². The summed E-state index contributed by atoms with van der Waals surface area (Å²) in [5, 5.41) is 3.69. The van der Waals surface area contributed by atoms with Crippen LogP contribution in [0.15, 0.2) is 30.3 Å². The zero-order chi connectivity index (χ0) is 18.7. The molecule has 5 heteroatoms. The minimum Gasteiger partial charge on any atom is -0.414 e. The fourth-order valence-electron chi connectivity index (χ4n) is 2.68. The summed E-state index contributed by atoms with van der Waals surface area (Å²) in [6, 6.07) is 10.4. The first kappa shape index (κ1) is 20.6. The molecule has 0 spiro atoms. The van der Waals surface area contributed by atoms with Gasteiger partial charge in [-0.1, -0.05) is 51.1 Å². The molecule has 1 heterocycles. The van der Waals surface area contributed by atoms with Gasteiger partial charge in [0.15, 0.2) is 14.1 Å². The Morgan fingerprint density at radius 3 is 2.28 bits per heavy atom. The van der Waals surface area contributed by atoms with Gasteiger partial charge in [-0.25, -0.2) is 0 Å². The molecule has 2 rings (SSSR count). The van der Waals surface area contributed by atoms with Gasteiger partial charge in [0.2, 0.25) is 0 Å². The van der Waals surface area contributed by atoms with Crippen molar-refractivity contribution < 1.29 is 13.9 Å². The van der Waals surface area contributed by atoms with Gasteiger partial charge in [0.05, 0.1) is 6.61 Å². The molecule has 1 aromatic carbocycles. The minimum atomic E-state index is -1.79. The van der Waals surface area contributed by atoms with Crippen LogP contribution in [0.2, 0.25) is 18.1 Å². The van der Waals surface area contributed by atoms with Crippen LogP contribution >= 0.6 is 0 Å². The van der Waals surface area contributed by atoms with Gasteiger partial charge in [-0.05, 0) is 37.5 Å². The Balaban J connectivity index is 1.89. The van der Waals surface area contributed by atoms with Crippen molar-refractivity contribution in [3.8, 4) is 0 Å². The van der Waals surface area contributed by atoms with Crippen molar-refractivity contribution in [2.75, 3.05) is 13.2 Å². The highest BCUT2D eigenvalue weighted by atomic mass is 28.4. The average Bonchev–Trinajstić information content (AvgIpc) is 2.79. The highest BCUT2D eigenvalue weighted by Gasteiger charge is 2.43. The molecule has 0 amide bonds. The molecular formula is C20H35NO3Si. The van der Waals surface area contributed by atoms with Gasteiger partial charge in [-0.2, -0.15) is 0 Å². The van der Waals surface area contributed by atoms with Crippen LogP contribution in [0.5, 0.6) is 0 Å². The molecule has 0 saturated carbocycles. The number of hydrogen-bond donors (Lipinski definition) is 1. The second kappa shape index (κ2) is 7.88. The van der Waals surface area contributed by atoms with E-state index < -0.39 is 14.1 Å². The normalized spacial score (nSPS) is 23.8. The second-order valence-corrected chi connectivity index (χ2v) is 13.7. The minimum absolute atomic E-state index is 0.00322. The third-order valence-electron chi connectivity index (χ3n) is 5.22. The van der Waals surface area contributed by atoms with Crippen LogP contribution in [0.25, 0.3) is 0 Å². The summed E-state index contributed by atoms with van der Waals surface area (Å²) >= 11 is 0. The SMILES string of the molecule is CC1(C)O[C@@H](CNCc2ccccc2)[C@@H](CO[Si](C)(C)C(C)(C)C)O1. The van der Waals surface area contributed by atoms with Crippen molar-refractivity contribution in [2.24, 2.45) is 0 Å². The molecule has 2 atom stereocenters. The van der Waals surface area contributed by atoms with E-state index in [4.69, 9.17) is 13.9 Å². The van der Waals surface area contributed by atoms with E-state index in [2.05, 4.69) is 63.4 Å². The lowest BCUT2D eigenvalue weighted by Gasteiger charge is -2.37. The molecule has 25 heavy (non-hydrogen) atoms. The molecule has 142 valence electrons. The number of benzene rings is 1. The van der Waals surface area contributed by atoms with Crippen LogP contribution in [0.4, 0.5) is 0 Å². The Kier molecular flexibility index (Phi) is 6.49. The molecule has 1 N–H and O–H groups in total. The number of ether oxygens (including phenoxy) is 2. The number of rotatable bonds is 7. The van der Waals surface area contributed by atoms with Gasteiger partial charge in [0.1, 0.15) is 12.2 Å². The van der Waals surface area contributed by atoms with E-state index in [-0.39, 0.29) is 17.2 Å². The first-order valence-corrected chi connectivity index (χ1v) is 12.2. The van der Waals surface area contributed by atoms with E-state index in [0.717, 1.165) is 13.1 Å². The molecule has 1 saturated heterocycles. The Morgan fingerprint density at radius 1 is 1.08 bits per heavy atom. The first-order chi connectivity index (χ1) is 11.5. The molecule has 0 aliphatic carbocycles. The van der Waals surface area contributed by atoms with Crippen molar-refractivity contribution in [3.05, 3.63) is 35.9 Å². The number of nitrogens with one attached hydrogen (secondary N) is 1. The molecule has 1 aliphatic heterocycles. The maximum Gasteiger partial charge on any atom is 0.192 e. The van der Waals surface area contributed by atoms with E-state index in [0.29, 0.717) is 6.61 Å². The average molecular weight is 366 g/mol. The van der Waals surface area contributed by atoms with Gasteiger partial charge < -0.3 is 19.2 Å². The summed E-state index contributed by atoms with van der Waals surface area (Å²) in [6.07, 6.45) is -0.0316. The van der Waals surface area contributed by atoms with Crippen LogP contribution in [0, 0.1) is 0 Å². The summed E-state index contributed by atoms with van der Waals surface area (Å²) in [4.78, 5) is 0. The summed E-state index contributed by atoms with van der Waals surface area (Å²) in [5.41, 5.74) is 1.27. The quantitative estimate of drug-likeness (QED) is 0.731. The Bertz CT molecular complexity index is 540. The topological polar surface area (TPSA) is 39.7 Å². The summed E-state index contributed by atoms with van der Waals surface area (Å²) in [7, 11) is -1.79. The molecule has 0 unspecified atom stereocenters. The van der Waals surface area contributed by atoms with Crippen LogP contribution in [0.3, 0.4) is 0 Å². The van der Waals surface area contributed by atoms with Crippen molar-refractivity contribution in [1.82, 2.24) is 5.32 Å². The third kappa shape index (κ3) is 5.90. The monoisotopic (exact) mass is 365 g/mol. The molecule has 0 aromatic heterocycles. The van der Waals surface area contributed by atoms with E-state index in [9.17, 15) is 0 Å². The van der Waals surface area contributed by atoms with Crippen molar-refractivity contribution in [1.29, 1.82) is 0 Å². The maximum atomic E-state index is 6.37. The van der Waals surface area contributed by atoms with Crippen LogP contribution in [0.1, 0.15) is 40.2 Å². The lowest BCUT2D eigenvalue weighted by Crippen LogP contribution is -2.45. The Morgan fingerprint density at radius 2 is 1.68 bits per heavy atom. The molecule has 4 nitrogen and oxygen atoms in total. The molecule has 0 bridgehead atoms. The zero-order valence-electron chi connectivity index (χ0n) is 16.9. The van der Waals surface area contributed by atoms with E-state index in [1.54, 1.807) is 0 Å². The van der Waals surface area contributed by atoms with Gasteiger partial charge >= 0.3 is 0 Å². The molecule has 0 radical (unpaired) electrons. The third-order valence-corrected chi connectivity index (χ3v) is 9.72. The second-order valence-electron chi connectivity index (χ2n) is 8.90. The van der Waals surface area contributed by atoms with E-state index in [1.807, 2.05) is 19.9 Å². The maximum absolute atomic E-state index is 6.37. The summed E-state index contributed by atoms with van der Waals surface area (Å²) in [6.45, 7) is 17.5. The summed E-state index contributed by atoms with van der Waals surface area (Å²) < 4.78 is 18.6. The largest absolute Gasteiger partial charge is 0.414 e. The Labute approximate surface area is 154 Å². The predicted octanol–water partition coefficient (Wildman–Crippen LogP) is 4.32. The van der Waals surface area contributed by atoms with Gasteiger partial charge in [0, 0.05) is 13.1 Å². The van der Waals surface area contributed by atoms with Crippen LogP contribution in [-0.4, -0.2) is 39.5 Å². The van der Waals surface area contributed by atoms with Crippen molar-refractivity contribution >= 4 is 8.32 Å². The van der Waals surface area contributed by atoms with E-state index in [1.165, 1.54) is 5.56 Å². The van der Waals surface area contributed by atoms with Crippen molar-refractivity contribution in [3.63, 3.8) is 0 Å². The van der Waals surface area contributed by atoms with Crippen LogP contribution in [-0.2, 0) is 20.4 Å². The lowest BCUT2D eigenvalue weighted by atomic mass is 10.2. The predicted molar refractivity (Wildman–Crippen MR) is 105 cm³/mol. The zero-order valence-corrected chi connectivity index (χ0v) is 17.9. The standard InChI is InChI=1S/C20H35NO3Si/c1-19(2,3)25(6,7)22-15-18-17(23-20(4,5)24-18)14-21-13-16-11-9-8-10-12-16/h8-12,17-18,21H,13-15H2,1-7H3/t17-,18+/m0/s1. The van der Waals surface area contributed by atoms with Gasteiger partial charge in [-0.3, -0.25) is 0 Å². The fraction of sp³-hybridized carbons (Fsp3) is 0.700. The lowest BCUT2D eigenvalue weighted by molar-refractivity contribution is -0.148. The fourth-order valence-corrected chi connectivity index (χ4v) is 3.70. The van der Waals surface area contributed by atoms with Gasteiger partial charge in [0.25, 0.3) is 0 Å². The highest BCUT2D eigenvalue weighted by molar-refractivity contribution is 6.74. The smallest absolute Gasteiger partial charge is 0.192 e. The highest BCUT2D eigenvalue weighted by Crippen LogP contribution is 2.37. The molecule has 1 fully saturated rings. The first-order valence-electron chi connectivity index (χ1n) is 9.24. The number of hydrogen-bond acceptors (Lipinski definition) is 4. The molecule has 1 aromatic rings. The van der Waals surface area contributed by atoms with E-state index >= 15 is 0 Å². The molecule has 1 aliphatic rings. The molecular weight excluding hydrogens is 330 g/mol. The summed E-state index contributed by atoms with van der Waals surface area (Å²) in [5.74, 6) is -0.555.